The number of carbonyl (C=O) groups excluding carboxylic acids is 1. The van der Waals surface area contributed by atoms with Gasteiger partial charge in [0.2, 0.25) is 0 Å². The lowest BCUT2D eigenvalue weighted by atomic mass is 10.1. The number of aromatic hydroxyl groups is 1. The Balaban J connectivity index is 1.58. The molecule has 0 aliphatic carbocycles. The van der Waals surface area contributed by atoms with Crippen molar-refractivity contribution in [2.45, 2.75) is 45.3 Å². The summed E-state index contributed by atoms with van der Waals surface area (Å²) in [5.74, 6) is 1.18. The molecule has 1 aromatic heterocycles. The summed E-state index contributed by atoms with van der Waals surface area (Å²) in [5, 5.41) is 13.9. The number of nitrogens with one attached hydrogen (secondary N) is 1. The fraction of sp³-hybridized carbons (Fsp3) is 0.375. The van der Waals surface area contributed by atoms with Crippen molar-refractivity contribution in [3.8, 4) is 11.5 Å². The van der Waals surface area contributed by atoms with Crippen LogP contribution < -0.4 is 10.1 Å². The number of fused-ring (bicyclic) bond motifs is 1. The summed E-state index contributed by atoms with van der Waals surface area (Å²) < 4.78 is 11.9. The maximum absolute atomic E-state index is 12.5. The summed E-state index contributed by atoms with van der Waals surface area (Å²) in [4.78, 5) is 23.0. The zero-order valence-electron chi connectivity index (χ0n) is 18.8. The number of piperidine rings is 1. The van der Waals surface area contributed by atoms with E-state index in [-0.39, 0.29) is 23.0 Å². The lowest BCUT2D eigenvalue weighted by molar-refractivity contribution is 0.00794. The monoisotopic (exact) mass is 470 g/mol. The van der Waals surface area contributed by atoms with Crippen LogP contribution in [0.3, 0.4) is 0 Å². The third-order valence-corrected chi connectivity index (χ3v) is 5.46. The molecule has 1 aliphatic heterocycles. The van der Waals surface area contributed by atoms with Crippen LogP contribution in [0, 0.1) is 0 Å². The second kappa shape index (κ2) is 9.31. The molecule has 0 radical (unpaired) electrons. The van der Waals surface area contributed by atoms with Gasteiger partial charge in [0, 0.05) is 12.2 Å². The molecule has 2 heterocycles. The summed E-state index contributed by atoms with van der Waals surface area (Å²) in [6, 6.07) is 10.5. The first-order chi connectivity index (χ1) is 15.7. The first-order valence-electron chi connectivity index (χ1n) is 10.8. The number of likely N-dealkylation sites (tertiary alicyclic amines) is 1. The molecule has 0 bridgehead atoms. The van der Waals surface area contributed by atoms with Gasteiger partial charge in [-0.05, 0) is 63.9 Å². The summed E-state index contributed by atoms with van der Waals surface area (Å²) in [7, 11) is 0. The molecule has 9 heteroatoms. The average Bonchev–Trinajstić information content (AvgIpc) is 2.76. The molecular formula is C24H27ClN4O4. The minimum absolute atomic E-state index is 0.00521. The predicted octanol–water partition coefficient (Wildman–Crippen LogP) is 5.51. The second-order valence-corrected chi connectivity index (χ2v) is 9.38. The van der Waals surface area contributed by atoms with Crippen LogP contribution >= 0.6 is 11.6 Å². The number of hydrogen-bond donors (Lipinski definition) is 2. The Morgan fingerprint density at radius 1 is 1.24 bits per heavy atom. The van der Waals surface area contributed by atoms with E-state index in [0.29, 0.717) is 30.3 Å². The number of phenols is 1. The van der Waals surface area contributed by atoms with E-state index in [9.17, 15) is 9.90 Å². The molecule has 174 valence electrons. The molecule has 33 heavy (non-hydrogen) atoms. The van der Waals surface area contributed by atoms with Crippen molar-refractivity contribution in [1.29, 1.82) is 0 Å². The standard InChI is InChI=1S/C24H27ClN4O4/c1-24(2,3)33-23(31)29-11-5-6-16(13-29)32-20-8-4-7-18-21(20)22(27-14-26-18)28-15-9-10-19(30)17(25)12-15/h4,7-10,12,14,16,30H,5-6,11,13H2,1-3H3,(H,26,27,28)/t16-/m1/s1. The quantitative estimate of drug-likeness (QED) is 0.485. The highest BCUT2D eigenvalue weighted by Gasteiger charge is 2.29. The van der Waals surface area contributed by atoms with E-state index in [4.69, 9.17) is 21.1 Å². The van der Waals surface area contributed by atoms with Gasteiger partial charge in [-0.3, -0.25) is 0 Å². The number of phenolic OH excluding ortho intramolecular Hbond substituents is 1. The van der Waals surface area contributed by atoms with E-state index in [1.165, 1.54) is 12.4 Å². The van der Waals surface area contributed by atoms with Gasteiger partial charge in [0.25, 0.3) is 0 Å². The molecule has 1 atom stereocenters. The average molecular weight is 471 g/mol. The molecule has 1 aliphatic rings. The third-order valence-electron chi connectivity index (χ3n) is 5.16. The summed E-state index contributed by atoms with van der Waals surface area (Å²) in [5.41, 5.74) is 0.839. The number of rotatable bonds is 4. The van der Waals surface area contributed by atoms with Gasteiger partial charge in [0.15, 0.2) is 0 Å². The minimum Gasteiger partial charge on any atom is -0.506 e. The van der Waals surface area contributed by atoms with Crippen molar-refractivity contribution in [3.63, 3.8) is 0 Å². The van der Waals surface area contributed by atoms with Gasteiger partial charge in [-0.1, -0.05) is 17.7 Å². The third kappa shape index (κ3) is 5.57. The zero-order valence-corrected chi connectivity index (χ0v) is 19.6. The summed E-state index contributed by atoms with van der Waals surface area (Å²) >= 11 is 6.05. The van der Waals surface area contributed by atoms with Crippen LogP contribution in [0.5, 0.6) is 11.5 Å². The number of benzene rings is 2. The Bertz CT molecular complexity index is 1160. The molecule has 4 rings (SSSR count). The van der Waals surface area contributed by atoms with E-state index in [2.05, 4.69) is 15.3 Å². The molecule has 0 spiro atoms. The van der Waals surface area contributed by atoms with Crippen molar-refractivity contribution in [2.75, 3.05) is 18.4 Å². The van der Waals surface area contributed by atoms with Gasteiger partial charge in [0.05, 0.1) is 22.5 Å². The Morgan fingerprint density at radius 2 is 2.06 bits per heavy atom. The first-order valence-corrected chi connectivity index (χ1v) is 11.2. The highest BCUT2D eigenvalue weighted by Crippen LogP contribution is 2.34. The van der Waals surface area contributed by atoms with E-state index in [1.807, 2.05) is 39.0 Å². The molecule has 2 aromatic carbocycles. The Hall–Kier alpha value is -3.26. The zero-order chi connectivity index (χ0) is 23.6. The molecule has 3 aromatic rings. The van der Waals surface area contributed by atoms with E-state index < -0.39 is 5.60 Å². The van der Waals surface area contributed by atoms with Crippen molar-refractivity contribution >= 4 is 40.1 Å². The van der Waals surface area contributed by atoms with Gasteiger partial charge < -0.3 is 24.8 Å². The Morgan fingerprint density at radius 3 is 2.82 bits per heavy atom. The summed E-state index contributed by atoms with van der Waals surface area (Å²) in [6.45, 7) is 6.65. The van der Waals surface area contributed by atoms with Crippen LogP contribution in [0.2, 0.25) is 5.02 Å². The number of halogens is 1. The van der Waals surface area contributed by atoms with Crippen molar-refractivity contribution < 1.29 is 19.4 Å². The van der Waals surface area contributed by atoms with Crippen LogP contribution in [0.1, 0.15) is 33.6 Å². The lowest BCUT2D eigenvalue weighted by Crippen LogP contribution is -2.46. The van der Waals surface area contributed by atoms with Crippen molar-refractivity contribution in [1.82, 2.24) is 14.9 Å². The lowest BCUT2D eigenvalue weighted by Gasteiger charge is -2.34. The molecule has 1 amide bonds. The SMILES string of the molecule is CC(C)(C)OC(=O)N1CCC[C@@H](Oc2cccc3ncnc(Nc4ccc(O)c(Cl)c4)c23)C1. The van der Waals surface area contributed by atoms with Gasteiger partial charge in [-0.25, -0.2) is 14.8 Å². The Kier molecular flexibility index (Phi) is 6.47. The molecule has 0 saturated carbocycles. The fourth-order valence-electron chi connectivity index (χ4n) is 3.70. The number of amides is 1. The fourth-order valence-corrected chi connectivity index (χ4v) is 3.88. The minimum atomic E-state index is -0.546. The maximum Gasteiger partial charge on any atom is 0.410 e. The van der Waals surface area contributed by atoms with Crippen LogP contribution in [0.15, 0.2) is 42.7 Å². The van der Waals surface area contributed by atoms with Crippen molar-refractivity contribution in [3.05, 3.63) is 47.7 Å². The first kappa shape index (κ1) is 22.9. The van der Waals surface area contributed by atoms with E-state index in [1.54, 1.807) is 17.0 Å². The van der Waals surface area contributed by atoms with Gasteiger partial charge in [0.1, 0.15) is 35.3 Å². The molecule has 1 saturated heterocycles. The number of carbonyl (C=O) groups is 1. The number of nitrogens with zero attached hydrogens (tertiary/aromatic N) is 3. The predicted molar refractivity (Wildman–Crippen MR) is 127 cm³/mol. The largest absolute Gasteiger partial charge is 0.506 e. The van der Waals surface area contributed by atoms with Crippen LogP contribution in [0.25, 0.3) is 10.9 Å². The molecule has 0 unspecified atom stereocenters. The highest BCUT2D eigenvalue weighted by atomic mass is 35.5. The second-order valence-electron chi connectivity index (χ2n) is 8.97. The van der Waals surface area contributed by atoms with E-state index >= 15 is 0 Å². The van der Waals surface area contributed by atoms with Crippen molar-refractivity contribution in [2.24, 2.45) is 0 Å². The smallest absolute Gasteiger partial charge is 0.410 e. The number of hydrogen-bond acceptors (Lipinski definition) is 7. The van der Waals surface area contributed by atoms with Crippen LogP contribution in [-0.4, -0.2) is 50.9 Å². The van der Waals surface area contributed by atoms with Crippen LogP contribution in [0.4, 0.5) is 16.3 Å². The number of anilines is 2. The number of ether oxygens (including phenoxy) is 2. The van der Waals surface area contributed by atoms with Gasteiger partial charge in [-0.2, -0.15) is 0 Å². The maximum atomic E-state index is 12.5. The molecule has 8 nitrogen and oxygen atoms in total. The normalized spacial score (nSPS) is 16.5. The molecular weight excluding hydrogens is 444 g/mol. The van der Waals surface area contributed by atoms with Gasteiger partial charge >= 0.3 is 6.09 Å². The van der Waals surface area contributed by atoms with Crippen LogP contribution in [-0.2, 0) is 4.74 Å². The molecule has 1 fully saturated rings. The molecule has 2 N–H and O–H groups in total. The highest BCUT2D eigenvalue weighted by molar-refractivity contribution is 6.32. The number of aromatic nitrogens is 2. The van der Waals surface area contributed by atoms with E-state index in [0.717, 1.165) is 23.7 Å². The Labute approximate surface area is 197 Å². The summed E-state index contributed by atoms with van der Waals surface area (Å²) in [6.07, 6.45) is 2.60. The van der Waals surface area contributed by atoms with Gasteiger partial charge in [-0.15, -0.1) is 0 Å². The topological polar surface area (TPSA) is 96.8 Å².